The Hall–Kier alpha value is -2.40. The summed E-state index contributed by atoms with van der Waals surface area (Å²) in [6.45, 7) is 1.87. The average molecular weight is 372 g/mol. The van der Waals surface area contributed by atoms with Crippen molar-refractivity contribution in [2.45, 2.75) is 45.1 Å². The van der Waals surface area contributed by atoms with Crippen LogP contribution in [0.1, 0.15) is 58.5 Å². The van der Waals surface area contributed by atoms with Crippen molar-refractivity contribution in [3.05, 3.63) is 58.4 Å². The van der Waals surface area contributed by atoms with E-state index in [4.69, 9.17) is 11.6 Å². The summed E-state index contributed by atoms with van der Waals surface area (Å²) in [6, 6.07) is 8.59. The van der Waals surface area contributed by atoms with Crippen LogP contribution >= 0.6 is 11.6 Å². The molecule has 1 saturated carbocycles. The summed E-state index contributed by atoms with van der Waals surface area (Å²) in [4.78, 5) is 29.0. The number of carbonyl (C=O) groups is 2. The van der Waals surface area contributed by atoms with Gasteiger partial charge in [0.1, 0.15) is 5.69 Å². The lowest BCUT2D eigenvalue weighted by Crippen LogP contribution is -2.36. The van der Waals surface area contributed by atoms with Crippen LogP contribution in [0.3, 0.4) is 0 Å². The van der Waals surface area contributed by atoms with E-state index in [1.165, 1.54) is 18.7 Å². The fourth-order valence-corrected chi connectivity index (χ4v) is 3.39. The van der Waals surface area contributed by atoms with Crippen LogP contribution in [-0.2, 0) is 0 Å². The molecule has 136 valence electrons. The summed E-state index contributed by atoms with van der Waals surface area (Å²) in [5, 5.41) is 6.48. The number of carbonyl (C=O) groups excluding carboxylic acids is 2. The molecule has 3 rings (SSSR count). The molecule has 0 bridgehead atoms. The molecule has 2 amide bonds. The first-order valence-corrected chi connectivity index (χ1v) is 9.25. The predicted octanol–water partition coefficient (Wildman–Crippen LogP) is 4.36. The number of nitrogens with one attached hydrogen (secondary N) is 2. The second kappa shape index (κ2) is 8.32. The van der Waals surface area contributed by atoms with E-state index in [0.29, 0.717) is 16.3 Å². The minimum absolute atomic E-state index is 0.201. The van der Waals surface area contributed by atoms with E-state index in [1.807, 2.05) is 6.92 Å². The average Bonchev–Trinajstić information content (AvgIpc) is 2.65. The summed E-state index contributed by atoms with van der Waals surface area (Å²) < 4.78 is 0. The molecule has 0 spiro atoms. The van der Waals surface area contributed by atoms with Crippen molar-refractivity contribution in [2.24, 2.45) is 0 Å². The monoisotopic (exact) mass is 371 g/mol. The van der Waals surface area contributed by atoms with E-state index in [-0.39, 0.29) is 23.6 Å². The number of aromatic nitrogens is 1. The Balaban J connectivity index is 1.69. The number of hydrogen-bond donors (Lipinski definition) is 2. The highest BCUT2D eigenvalue weighted by atomic mass is 35.5. The Labute approximate surface area is 158 Å². The van der Waals surface area contributed by atoms with Crippen molar-refractivity contribution in [2.75, 3.05) is 5.32 Å². The van der Waals surface area contributed by atoms with Gasteiger partial charge >= 0.3 is 0 Å². The first-order valence-electron chi connectivity index (χ1n) is 8.87. The van der Waals surface area contributed by atoms with Crippen molar-refractivity contribution in [3.8, 4) is 0 Å². The third kappa shape index (κ3) is 4.61. The van der Waals surface area contributed by atoms with Crippen LogP contribution in [-0.4, -0.2) is 22.8 Å². The summed E-state index contributed by atoms with van der Waals surface area (Å²) in [6.07, 6.45) is 7.00. The molecule has 1 heterocycles. The molecule has 1 aromatic carbocycles. The quantitative estimate of drug-likeness (QED) is 0.838. The van der Waals surface area contributed by atoms with Gasteiger partial charge in [0.15, 0.2) is 0 Å². The number of benzene rings is 1. The van der Waals surface area contributed by atoms with E-state index in [1.54, 1.807) is 24.3 Å². The van der Waals surface area contributed by atoms with Gasteiger partial charge in [-0.3, -0.25) is 14.6 Å². The third-order valence-electron chi connectivity index (χ3n) is 4.63. The molecule has 6 heteroatoms. The van der Waals surface area contributed by atoms with Crippen molar-refractivity contribution in [1.82, 2.24) is 10.3 Å². The number of aryl methyl sites for hydroxylation is 1. The van der Waals surface area contributed by atoms with Crippen molar-refractivity contribution >= 4 is 29.1 Å². The molecule has 0 aliphatic heterocycles. The van der Waals surface area contributed by atoms with E-state index < -0.39 is 0 Å². The fraction of sp³-hybridized carbons (Fsp3) is 0.350. The zero-order valence-electron chi connectivity index (χ0n) is 14.7. The molecule has 1 aliphatic rings. The van der Waals surface area contributed by atoms with E-state index in [9.17, 15) is 9.59 Å². The van der Waals surface area contributed by atoms with Crippen LogP contribution in [0.4, 0.5) is 5.69 Å². The van der Waals surface area contributed by atoms with Gasteiger partial charge in [-0.05, 0) is 55.7 Å². The molecule has 0 radical (unpaired) electrons. The van der Waals surface area contributed by atoms with Gasteiger partial charge in [-0.15, -0.1) is 0 Å². The molecule has 5 nitrogen and oxygen atoms in total. The van der Waals surface area contributed by atoms with Crippen LogP contribution in [0.5, 0.6) is 0 Å². The predicted molar refractivity (Wildman–Crippen MR) is 103 cm³/mol. The molecular weight excluding hydrogens is 350 g/mol. The Morgan fingerprint density at radius 1 is 1.08 bits per heavy atom. The fourth-order valence-electron chi connectivity index (χ4n) is 3.16. The van der Waals surface area contributed by atoms with Crippen molar-refractivity contribution in [1.29, 1.82) is 0 Å². The molecule has 26 heavy (non-hydrogen) atoms. The van der Waals surface area contributed by atoms with Gasteiger partial charge in [-0.2, -0.15) is 0 Å². The van der Waals surface area contributed by atoms with Gasteiger partial charge in [0.25, 0.3) is 11.8 Å². The zero-order valence-corrected chi connectivity index (χ0v) is 15.5. The maximum atomic E-state index is 12.5. The van der Waals surface area contributed by atoms with Crippen molar-refractivity contribution in [3.63, 3.8) is 0 Å². The molecule has 0 saturated heterocycles. The molecule has 1 aromatic heterocycles. The molecule has 0 atom stereocenters. The Morgan fingerprint density at radius 3 is 2.58 bits per heavy atom. The molecule has 1 fully saturated rings. The highest BCUT2D eigenvalue weighted by Crippen LogP contribution is 2.21. The normalized spacial score (nSPS) is 14.7. The van der Waals surface area contributed by atoms with Gasteiger partial charge in [0, 0.05) is 28.5 Å². The topological polar surface area (TPSA) is 71.1 Å². The lowest BCUT2D eigenvalue weighted by molar-refractivity contribution is 0.0922. The number of halogens is 1. The first kappa shape index (κ1) is 18.4. The van der Waals surface area contributed by atoms with E-state index >= 15 is 0 Å². The zero-order chi connectivity index (χ0) is 18.5. The lowest BCUT2D eigenvalue weighted by atomic mass is 9.95. The van der Waals surface area contributed by atoms with Crippen LogP contribution < -0.4 is 10.6 Å². The Bertz CT molecular complexity index is 816. The summed E-state index contributed by atoms with van der Waals surface area (Å²) in [5.74, 6) is -0.515. The standard InChI is InChI=1S/C20H22ClN3O2/c1-13-11-15(21)7-8-17(13)24-19(25)14-9-10-22-18(12-14)20(26)23-16-5-3-2-4-6-16/h7-12,16H,2-6H2,1H3,(H,23,26)(H,24,25). The minimum Gasteiger partial charge on any atom is -0.348 e. The van der Waals surface area contributed by atoms with Crippen LogP contribution in [0, 0.1) is 6.92 Å². The maximum absolute atomic E-state index is 12.5. The van der Waals surface area contributed by atoms with Crippen LogP contribution in [0.25, 0.3) is 0 Å². The van der Waals surface area contributed by atoms with Gasteiger partial charge in [-0.25, -0.2) is 0 Å². The highest BCUT2D eigenvalue weighted by Gasteiger charge is 2.18. The van der Waals surface area contributed by atoms with Gasteiger partial charge < -0.3 is 10.6 Å². The second-order valence-corrected chi connectivity index (χ2v) is 7.09. The van der Waals surface area contributed by atoms with Crippen LogP contribution in [0.2, 0.25) is 5.02 Å². The summed E-state index contributed by atoms with van der Waals surface area (Å²) >= 11 is 5.94. The van der Waals surface area contributed by atoms with Crippen LogP contribution in [0.15, 0.2) is 36.5 Å². The molecular formula is C20H22ClN3O2. The molecule has 2 N–H and O–H groups in total. The maximum Gasteiger partial charge on any atom is 0.270 e. The molecule has 1 aliphatic carbocycles. The van der Waals surface area contributed by atoms with Gasteiger partial charge in [0.05, 0.1) is 0 Å². The largest absolute Gasteiger partial charge is 0.348 e. The first-order chi connectivity index (χ1) is 12.5. The van der Waals surface area contributed by atoms with Crippen molar-refractivity contribution < 1.29 is 9.59 Å². The number of pyridine rings is 1. The number of rotatable bonds is 4. The Morgan fingerprint density at radius 2 is 1.85 bits per heavy atom. The Kier molecular flexibility index (Phi) is 5.89. The SMILES string of the molecule is Cc1cc(Cl)ccc1NC(=O)c1ccnc(C(=O)NC2CCCCC2)c1. The number of hydrogen-bond acceptors (Lipinski definition) is 3. The number of anilines is 1. The second-order valence-electron chi connectivity index (χ2n) is 6.65. The number of nitrogens with zero attached hydrogens (tertiary/aromatic N) is 1. The smallest absolute Gasteiger partial charge is 0.270 e. The lowest BCUT2D eigenvalue weighted by Gasteiger charge is -2.22. The minimum atomic E-state index is -0.287. The molecule has 0 unspecified atom stereocenters. The summed E-state index contributed by atoms with van der Waals surface area (Å²) in [7, 11) is 0. The van der Waals surface area contributed by atoms with E-state index in [2.05, 4.69) is 15.6 Å². The van der Waals surface area contributed by atoms with Gasteiger partial charge in [-0.1, -0.05) is 30.9 Å². The molecule has 2 aromatic rings. The van der Waals surface area contributed by atoms with Gasteiger partial charge in [0.2, 0.25) is 0 Å². The third-order valence-corrected chi connectivity index (χ3v) is 4.87. The number of amides is 2. The van der Waals surface area contributed by atoms with E-state index in [0.717, 1.165) is 31.2 Å². The highest BCUT2D eigenvalue weighted by molar-refractivity contribution is 6.30. The summed E-state index contributed by atoms with van der Waals surface area (Å²) in [5.41, 5.74) is 2.21.